The van der Waals surface area contributed by atoms with Crippen LogP contribution >= 0.6 is 12.6 Å². The van der Waals surface area contributed by atoms with Crippen LogP contribution < -0.4 is 0 Å². The SMILES string of the molecule is FC(F)(F)c1ccc2ccn(-c3ccncc3S)c2c1. The second-order valence-electron chi connectivity index (χ2n) is 4.32. The van der Waals surface area contributed by atoms with Gasteiger partial charge in [-0.2, -0.15) is 13.2 Å². The van der Waals surface area contributed by atoms with Crippen LogP contribution in [0.4, 0.5) is 13.2 Å². The molecule has 3 rings (SSSR count). The minimum atomic E-state index is -4.36. The molecule has 20 heavy (non-hydrogen) atoms. The Labute approximate surface area is 118 Å². The van der Waals surface area contributed by atoms with Crippen LogP contribution in [0.1, 0.15) is 5.56 Å². The number of hydrogen-bond acceptors (Lipinski definition) is 2. The molecule has 0 bridgehead atoms. The molecule has 0 aliphatic rings. The highest BCUT2D eigenvalue weighted by Crippen LogP contribution is 2.33. The van der Waals surface area contributed by atoms with Crippen LogP contribution in [-0.2, 0) is 6.18 Å². The van der Waals surface area contributed by atoms with E-state index in [0.717, 1.165) is 17.5 Å². The van der Waals surface area contributed by atoms with Gasteiger partial charge < -0.3 is 4.57 Å². The molecule has 0 atom stereocenters. The van der Waals surface area contributed by atoms with Crippen molar-refractivity contribution >= 4 is 23.5 Å². The van der Waals surface area contributed by atoms with Crippen molar-refractivity contribution in [1.82, 2.24) is 9.55 Å². The maximum atomic E-state index is 12.8. The molecule has 0 aliphatic heterocycles. The maximum absolute atomic E-state index is 12.8. The van der Waals surface area contributed by atoms with Gasteiger partial charge >= 0.3 is 6.18 Å². The smallest absolute Gasteiger partial charge is 0.315 e. The van der Waals surface area contributed by atoms with E-state index in [-0.39, 0.29) is 0 Å². The molecule has 2 nitrogen and oxygen atoms in total. The van der Waals surface area contributed by atoms with Crippen LogP contribution in [0.25, 0.3) is 16.6 Å². The van der Waals surface area contributed by atoms with Gasteiger partial charge in [0.05, 0.1) is 16.8 Å². The fourth-order valence-corrected chi connectivity index (χ4v) is 2.35. The first kappa shape index (κ1) is 13.1. The summed E-state index contributed by atoms with van der Waals surface area (Å²) in [6, 6.07) is 7.17. The van der Waals surface area contributed by atoms with Gasteiger partial charge in [-0.05, 0) is 29.7 Å². The fraction of sp³-hybridized carbons (Fsp3) is 0.0714. The zero-order valence-electron chi connectivity index (χ0n) is 10.1. The van der Waals surface area contributed by atoms with Gasteiger partial charge in [0, 0.05) is 23.5 Å². The van der Waals surface area contributed by atoms with E-state index < -0.39 is 11.7 Å². The Balaban J connectivity index is 2.25. The van der Waals surface area contributed by atoms with E-state index >= 15 is 0 Å². The van der Waals surface area contributed by atoms with Crippen LogP contribution in [0, 0.1) is 0 Å². The Kier molecular flexibility index (Phi) is 2.97. The molecule has 0 radical (unpaired) electrons. The van der Waals surface area contributed by atoms with Crippen molar-refractivity contribution in [2.45, 2.75) is 11.1 Å². The number of pyridine rings is 1. The van der Waals surface area contributed by atoms with Gasteiger partial charge in [-0.25, -0.2) is 0 Å². The Morgan fingerprint density at radius 2 is 1.90 bits per heavy atom. The third-order valence-electron chi connectivity index (χ3n) is 3.06. The molecular weight excluding hydrogens is 285 g/mol. The summed E-state index contributed by atoms with van der Waals surface area (Å²) in [5.41, 5.74) is 0.513. The van der Waals surface area contributed by atoms with E-state index in [0.29, 0.717) is 16.1 Å². The summed E-state index contributed by atoms with van der Waals surface area (Å²) < 4.78 is 40.1. The molecule has 0 fully saturated rings. The first-order valence-electron chi connectivity index (χ1n) is 5.78. The highest BCUT2D eigenvalue weighted by molar-refractivity contribution is 7.80. The van der Waals surface area contributed by atoms with Gasteiger partial charge in [-0.15, -0.1) is 12.6 Å². The standard InChI is InChI=1S/C14H9F3N2S/c15-14(16,17)10-2-1-9-4-6-19(12(9)7-10)11-3-5-18-8-13(11)20/h1-8,20H. The molecule has 102 valence electrons. The molecule has 0 saturated heterocycles. The van der Waals surface area contributed by atoms with Crippen molar-refractivity contribution in [2.24, 2.45) is 0 Å². The minimum absolute atomic E-state index is 0.487. The van der Waals surface area contributed by atoms with Gasteiger partial charge in [0.2, 0.25) is 0 Å². The van der Waals surface area contributed by atoms with Crippen molar-refractivity contribution in [3.05, 3.63) is 54.5 Å². The van der Waals surface area contributed by atoms with E-state index in [2.05, 4.69) is 17.6 Å². The van der Waals surface area contributed by atoms with Gasteiger partial charge in [-0.1, -0.05) is 6.07 Å². The van der Waals surface area contributed by atoms with Crippen LogP contribution in [0.15, 0.2) is 53.8 Å². The molecule has 0 spiro atoms. The minimum Gasteiger partial charge on any atom is -0.315 e. The summed E-state index contributed by atoms with van der Waals surface area (Å²) in [6.07, 6.45) is 0.498. The van der Waals surface area contributed by atoms with Crippen LogP contribution in [0.5, 0.6) is 0 Å². The Hall–Kier alpha value is -1.95. The molecular formula is C14H9F3N2S. The zero-order chi connectivity index (χ0) is 14.3. The van der Waals surface area contributed by atoms with Gasteiger partial charge in [0.1, 0.15) is 0 Å². The molecule has 0 N–H and O–H groups in total. The Morgan fingerprint density at radius 1 is 1.10 bits per heavy atom. The molecule has 0 saturated carbocycles. The lowest BCUT2D eigenvalue weighted by atomic mass is 10.1. The number of aromatic nitrogens is 2. The van der Waals surface area contributed by atoms with Crippen LogP contribution in [0.2, 0.25) is 0 Å². The van der Waals surface area contributed by atoms with Gasteiger partial charge in [0.15, 0.2) is 0 Å². The first-order valence-corrected chi connectivity index (χ1v) is 6.23. The average molecular weight is 294 g/mol. The normalized spacial score (nSPS) is 12.0. The number of alkyl halides is 3. The first-order chi connectivity index (χ1) is 9.47. The van der Waals surface area contributed by atoms with E-state index in [9.17, 15) is 13.2 Å². The summed E-state index contributed by atoms with van der Waals surface area (Å²) in [4.78, 5) is 4.52. The molecule has 2 aromatic heterocycles. The topological polar surface area (TPSA) is 17.8 Å². The van der Waals surface area contributed by atoms with Crippen molar-refractivity contribution in [3.63, 3.8) is 0 Å². The molecule has 3 aromatic rings. The van der Waals surface area contributed by atoms with Crippen molar-refractivity contribution in [3.8, 4) is 5.69 Å². The van der Waals surface area contributed by atoms with Crippen molar-refractivity contribution in [2.75, 3.05) is 0 Å². The molecule has 0 unspecified atom stereocenters. The number of thiol groups is 1. The zero-order valence-corrected chi connectivity index (χ0v) is 11.0. The molecule has 1 aromatic carbocycles. The summed E-state index contributed by atoms with van der Waals surface area (Å²) in [5, 5.41) is 0.738. The summed E-state index contributed by atoms with van der Waals surface area (Å²) >= 11 is 4.29. The van der Waals surface area contributed by atoms with Crippen molar-refractivity contribution in [1.29, 1.82) is 0 Å². The van der Waals surface area contributed by atoms with Crippen LogP contribution in [0.3, 0.4) is 0 Å². The molecule has 6 heteroatoms. The number of rotatable bonds is 1. The van der Waals surface area contributed by atoms with Crippen LogP contribution in [-0.4, -0.2) is 9.55 Å². The number of fused-ring (bicyclic) bond motifs is 1. The van der Waals surface area contributed by atoms with E-state index in [4.69, 9.17) is 0 Å². The third kappa shape index (κ3) is 2.16. The summed E-state index contributed by atoms with van der Waals surface area (Å²) in [6.45, 7) is 0. The largest absolute Gasteiger partial charge is 0.416 e. The number of nitrogens with zero attached hydrogens (tertiary/aromatic N) is 2. The predicted octanol–water partition coefficient (Wildman–Crippen LogP) is 4.33. The summed E-state index contributed by atoms with van der Waals surface area (Å²) in [5.74, 6) is 0. The number of halogens is 3. The van der Waals surface area contributed by atoms with Gasteiger partial charge in [-0.3, -0.25) is 4.98 Å². The Bertz CT molecular complexity index is 777. The van der Waals surface area contributed by atoms with E-state index in [1.807, 2.05) is 0 Å². The quantitative estimate of drug-likeness (QED) is 0.661. The lowest BCUT2D eigenvalue weighted by Crippen LogP contribution is -2.05. The lowest BCUT2D eigenvalue weighted by molar-refractivity contribution is -0.137. The second kappa shape index (κ2) is 4.56. The highest BCUT2D eigenvalue weighted by atomic mass is 32.1. The van der Waals surface area contributed by atoms with E-state index in [1.165, 1.54) is 6.07 Å². The maximum Gasteiger partial charge on any atom is 0.416 e. The molecule has 0 aliphatic carbocycles. The number of hydrogen-bond donors (Lipinski definition) is 1. The van der Waals surface area contributed by atoms with Crippen molar-refractivity contribution < 1.29 is 13.2 Å². The third-order valence-corrected chi connectivity index (χ3v) is 3.40. The average Bonchev–Trinajstić information content (AvgIpc) is 2.81. The lowest BCUT2D eigenvalue weighted by Gasteiger charge is -2.10. The second-order valence-corrected chi connectivity index (χ2v) is 4.80. The molecule has 2 heterocycles. The molecule has 0 amide bonds. The Morgan fingerprint density at radius 3 is 2.60 bits per heavy atom. The predicted molar refractivity (Wildman–Crippen MR) is 73.3 cm³/mol. The highest BCUT2D eigenvalue weighted by Gasteiger charge is 2.30. The number of benzene rings is 1. The fourth-order valence-electron chi connectivity index (χ4n) is 2.10. The summed E-state index contributed by atoms with van der Waals surface area (Å²) in [7, 11) is 0. The van der Waals surface area contributed by atoms with E-state index in [1.54, 1.807) is 35.3 Å². The van der Waals surface area contributed by atoms with Gasteiger partial charge in [0.25, 0.3) is 0 Å². The monoisotopic (exact) mass is 294 g/mol.